The molecule has 7 heteroatoms. The monoisotopic (exact) mass is 306 g/mol. The first kappa shape index (κ1) is 14.6. The lowest BCUT2D eigenvalue weighted by atomic mass is 10.0. The molecule has 1 aromatic carbocycles. The van der Waals surface area contributed by atoms with Crippen LogP contribution in [0.15, 0.2) is 12.1 Å². The molecule has 22 heavy (non-hydrogen) atoms. The Labute approximate surface area is 127 Å². The highest BCUT2D eigenvalue weighted by Gasteiger charge is 2.30. The molecule has 0 radical (unpaired) electrons. The first-order valence-corrected chi connectivity index (χ1v) is 7.20. The van der Waals surface area contributed by atoms with Gasteiger partial charge in [0.1, 0.15) is 11.5 Å². The highest BCUT2D eigenvalue weighted by Crippen LogP contribution is 2.36. The highest BCUT2D eigenvalue weighted by molar-refractivity contribution is 6.02. The van der Waals surface area contributed by atoms with Crippen LogP contribution < -0.4 is 4.74 Å². The summed E-state index contributed by atoms with van der Waals surface area (Å²) < 4.78 is 5.42. The first-order valence-electron chi connectivity index (χ1n) is 7.20. The number of hydrogen-bond donors (Lipinski definition) is 2. The zero-order chi connectivity index (χ0) is 15.9. The minimum Gasteiger partial charge on any atom is -0.507 e. The van der Waals surface area contributed by atoms with Crippen molar-refractivity contribution in [1.82, 2.24) is 9.80 Å². The van der Waals surface area contributed by atoms with Crippen molar-refractivity contribution >= 4 is 11.9 Å². The van der Waals surface area contributed by atoms with E-state index in [9.17, 15) is 14.7 Å². The van der Waals surface area contributed by atoms with Gasteiger partial charge < -0.3 is 19.8 Å². The summed E-state index contributed by atoms with van der Waals surface area (Å²) in [5.74, 6) is 0.471. The fourth-order valence-electron chi connectivity index (χ4n) is 2.98. The quantitative estimate of drug-likeness (QED) is 0.852. The Morgan fingerprint density at radius 2 is 2.18 bits per heavy atom. The van der Waals surface area contributed by atoms with Gasteiger partial charge in [0.05, 0.1) is 11.1 Å². The molecule has 0 bridgehead atoms. The summed E-state index contributed by atoms with van der Waals surface area (Å²) in [6.45, 7) is 3.80. The summed E-state index contributed by atoms with van der Waals surface area (Å²) in [5.41, 5.74) is 1.10. The molecule has 1 saturated heterocycles. The number of piperazine rings is 1. The van der Waals surface area contributed by atoms with Crippen molar-refractivity contribution in [2.45, 2.75) is 19.5 Å². The number of amides is 1. The maximum Gasteiger partial charge on any atom is 0.407 e. The van der Waals surface area contributed by atoms with Gasteiger partial charge in [-0.3, -0.25) is 9.69 Å². The van der Waals surface area contributed by atoms with Crippen LogP contribution in [0.3, 0.4) is 0 Å². The van der Waals surface area contributed by atoms with Crippen LogP contribution in [0, 0.1) is 0 Å². The summed E-state index contributed by atoms with van der Waals surface area (Å²) >= 11 is 0. The molecule has 0 unspecified atom stereocenters. The van der Waals surface area contributed by atoms with Crippen LogP contribution in [0.25, 0.3) is 0 Å². The summed E-state index contributed by atoms with van der Waals surface area (Å²) in [4.78, 5) is 26.2. The highest BCUT2D eigenvalue weighted by atomic mass is 16.5. The molecule has 0 saturated carbocycles. The van der Waals surface area contributed by atoms with Crippen LogP contribution in [0.1, 0.15) is 22.8 Å². The van der Waals surface area contributed by atoms with E-state index < -0.39 is 6.09 Å². The number of Topliss-reactive ketones (excluding diaryl/α,β-unsaturated/α-hetero) is 1. The van der Waals surface area contributed by atoms with Gasteiger partial charge >= 0.3 is 6.09 Å². The molecule has 0 spiro atoms. The Morgan fingerprint density at radius 1 is 1.41 bits per heavy atom. The maximum absolute atomic E-state index is 11.7. The smallest absolute Gasteiger partial charge is 0.407 e. The van der Waals surface area contributed by atoms with E-state index in [1.165, 1.54) is 11.0 Å². The second-order valence-corrected chi connectivity index (χ2v) is 5.70. The standard InChI is InChI=1S/C15H18N2O5/c1-9-6-17(15(20)21)5-4-16(9)7-11-12(18)3-2-10-13(19)8-22-14(10)11/h2-3,9,18H,4-8H2,1H3,(H,20,21)/t9-/m1/s1. The summed E-state index contributed by atoms with van der Waals surface area (Å²) in [7, 11) is 0. The average Bonchev–Trinajstić information content (AvgIpc) is 2.85. The van der Waals surface area contributed by atoms with Crippen LogP contribution in [-0.2, 0) is 6.54 Å². The minimum absolute atomic E-state index is 0.00807. The molecule has 1 aromatic rings. The molecule has 0 aliphatic carbocycles. The third-order valence-electron chi connectivity index (χ3n) is 4.28. The van der Waals surface area contributed by atoms with E-state index in [1.54, 1.807) is 6.07 Å². The third-order valence-corrected chi connectivity index (χ3v) is 4.28. The lowest BCUT2D eigenvalue weighted by molar-refractivity contribution is 0.0703. The van der Waals surface area contributed by atoms with Gasteiger partial charge in [0, 0.05) is 32.2 Å². The number of fused-ring (bicyclic) bond motifs is 1. The van der Waals surface area contributed by atoms with E-state index in [2.05, 4.69) is 4.90 Å². The van der Waals surface area contributed by atoms with Gasteiger partial charge in [-0.2, -0.15) is 0 Å². The molecule has 118 valence electrons. The molecule has 2 heterocycles. The van der Waals surface area contributed by atoms with Gasteiger partial charge in [0.2, 0.25) is 5.78 Å². The number of ketones is 1. The van der Waals surface area contributed by atoms with Gasteiger partial charge in [-0.15, -0.1) is 0 Å². The number of ether oxygens (including phenoxy) is 1. The predicted molar refractivity (Wildman–Crippen MR) is 77.4 cm³/mol. The Hall–Kier alpha value is -2.28. The molecule has 1 atom stereocenters. The zero-order valence-corrected chi connectivity index (χ0v) is 12.3. The molecule has 2 aliphatic rings. The van der Waals surface area contributed by atoms with Crippen molar-refractivity contribution in [1.29, 1.82) is 0 Å². The Kier molecular flexibility index (Phi) is 3.66. The second kappa shape index (κ2) is 5.49. The number of carbonyl (C=O) groups excluding carboxylic acids is 1. The van der Waals surface area contributed by atoms with Crippen molar-refractivity contribution in [3.63, 3.8) is 0 Å². The minimum atomic E-state index is -0.913. The number of carbonyl (C=O) groups is 2. The number of phenols is 1. The molecular weight excluding hydrogens is 288 g/mol. The molecule has 2 aliphatic heterocycles. The molecule has 3 rings (SSSR count). The van der Waals surface area contributed by atoms with Crippen molar-refractivity contribution in [2.75, 3.05) is 26.2 Å². The predicted octanol–water partition coefficient (Wildman–Crippen LogP) is 1.15. The first-order chi connectivity index (χ1) is 10.5. The van der Waals surface area contributed by atoms with E-state index in [4.69, 9.17) is 9.84 Å². The number of phenolic OH excluding ortho intramolecular Hbond substituents is 1. The van der Waals surface area contributed by atoms with Gasteiger partial charge in [0.25, 0.3) is 0 Å². The molecule has 1 amide bonds. The van der Waals surface area contributed by atoms with Crippen molar-refractivity contribution in [3.05, 3.63) is 23.3 Å². The fourth-order valence-corrected chi connectivity index (χ4v) is 2.98. The number of rotatable bonds is 2. The SMILES string of the molecule is C[C@@H]1CN(C(=O)O)CCN1Cc1c(O)ccc2c1OCC2=O. The Balaban J connectivity index is 1.80. The van der Waals surface area contributed by atoms with Crippen molar-refractivity contribution in [3.8, 4) is 11.5 Å². The molecule has 2 N–H and O–H groups in total. The van der Waals surface area contributed by atoms with E-state index in [1.807, 2.05) is 6.92 Å². The molecule has 1 fully saturated rings. The Morgan fingerprint density at radius 3 is 2.86 bits per heavy atom. The Bertz CT molecular complexity index is 631. The molecule has 0 aromatic heterocycles. The topological polar surface area (TPSA) is 90.3 Å². The van der Waals surface area contributed by atoms with E-state index in [-0.39, 0.29) is 24.2 Å². The average molecular weight is 306 g/mol. The van der Waals surface area contributed by atoms with Gasteiger partial charge in [-0.1, -0.05) is 0 Å². The van der Waals surface area contributed by atoms with Crippen molar-refractivity contribution in [2.24, 2.45) is 0 Å². The second-order valence-electron chi connectivity index (χ2n) is 5.70. The fraction of sp³-hybridized carbons (Fsp3) is 0.467. The molecule has 7 nitrogen and oxygen atoms in total. The maximum atomic E-state index is 11.7. The van der Waals surface area contributed by atoms with Crippen LogP contribution in [0.2, 0.25) is 0 Å². The molecular formula is C15H18N2O5. The van der Waals surface area contributed by atoms with Crippen LogP contribution in [0.5, 0.6) is 11.5 Å². The summed E-state index contributed by atoms with van der Waals surface area (Å²) in [6, 6.07) is 3.12. The van der Waals surface area contributed by atoms with Gasteiger partial charge in [0.15, 0.2) is 6.61 Å². The number of benzene rings is 1. The summed E-state index contributed by atoms with van der Waals surface area (Å²) in [6.07, 6.45) is -0.913. The normalized spacial score (nSPS) is 21.6. The van der Waals surface area contributed by atoms with E-state index in [0.29, 0.717) is 43.1 Å². The largest absolute Gasteiger partial charge is 0.507 e. The number of hydrogen-bond acceptors (Lipinski definition) is 5. The van der Waals surface area contributed by atoms with Crippen LogP contribution in [-0.4, -0.2) is 64.2 Å². The zero-order valence-electron chi connectivity index (χ0n) is 12.3. The van der Waals surface area contributed by atoms with Crippen LogP contribution in [0.4, 0.5) is 4.79 Å². The van der Waals surface area contributed by atoms with Crippen LogP contribution >= 0.6 is 0 Å². The van der Waals surface area contributed by atoms with Gasteiger partial charge in [-0.05, 0) is 19.1 Å². The number of aromatic hydroxyl groups is 1. The van der Waals surface area contributed by atoms with Crippen molar-refractivity contribution < 1.29 is 24.5 Å². The lowest BCUT2D eigenvalue weighted by Gasteiger charge is -2.38. The lowest BCUT2D eigenvalue weighted by Crippen LogP contribution is -2.52. The van der Waals surface area contributed by atoms with E-state index in [0.717, 1.165) is 0 Å². The van der Waals surface area contributed by atoms with E-state index >= 15 is 0 Å². The summed E-state index contributed by atoms with van der Waals surface area (Å²) in [5, 5.41) is 19.1. The van der Waals surface area contributed by atoms with Gasteiger partial charge in [-0.25, -0.2) is 4.79 Å². The number of carboxylic acid groups (broad SMARTS) is 1. The third kappa shape index (κ3) is 2.48. The number of nitrogens with zero attached hydrogens (tertiary/aromatic N) is 2.